The lowest BCUT2D eigenvalue weighted by Crippen LogP contribution is -2.42. The fourth-order valence-corrected chi connectivity index (χ4v) is 2.59. The smallest absolute Gasteiger partial charge is 0.236 e. The minimum atomic E-state index is 0.461. The van der Waals surface area contributed by atoms with E-state index in [-0.39, 0.29) is 0 Å². The van der Waals surface area contributed by atoms with Gasteiger partial charge in [-0.25, -0.2) is 10.4 Å². The zero-order valence-electron chi connectivity index (χ0n) is 13.1. The molecule has 1 heterocycles. The number of rotatable bonds is 4. The predicted octanol–water partition coefficient (Wildman–Crippen LogP) is 3.84. The topological polar surface area (TPSA) is 52.0 Å². The molecule has 0 atom stereocenters. The fourth-order valence-electron chi connectivity index (χ4n) is 2.30. The number of hydrazine groups is 1. The van der Waals surface area contributed by atoms with Gasteiger partial charge in [0.2, 0.25) is 5.96 Å². The Morgan fingerprint density at radius 2 is 1.88 bits per heavy atom. The van der Waals surface area contributed by atoms with Crippen molar-refractivity contribution in [2.45, 2.75) is 13.5 Å². The van der Waals surface area contributed by atoms with Crippen LogP contribution >= 0.6 is 23.2 Å². The molecule has 1 aliphatic heterocycles. The molecule has 0 aliphatic carbocycles. The molecule has 0 saturated carbocycles. The predicted molar refractivity (Wildman–Crippen MR) is 101 cm³/mol. The lowest BCUT2D eigenvalue weighted by Gasteiger charge is -2.26. The number of hydrogen-bond acceptors (Lipinski definition) is 5. The van der Waals surface area contributed by atoms with Crippen LogP contribution in [-0.4, -0.2) is 18.5 Å². The van der Waals surface area contributed by atoms with Gasteiger partial charge in [0.1, 0.15) is 12.5 Å². The Balaban J connectivity index is 1.59. The number of anilines is 1. The number of amidine groups is 1. The summed E-state index contributed by atoms with van der Waals surface area (Å²) in [7, 11) is 0. The average molecular weight is 362 g/mol. The number of halogens is 2. The molecule has 3 rings (SSSR count). The van der Waals surface area contributed by atoms with Crippen LogP contribution < -0.4 is 15.8 Å². The van der Waals surface area contributed by atoms with Crippen LogP contribution in [0.15, 0.2) is 58.5 Å². The van der Waals surface area contributed by atoms with Gasteiger partial charge >= 0.3 is 0 Å². The second-order valence-corrected chi connectivity index (χ2v) is 6.09. The van der Waals surface area contributed by atoms with Gasteiger partial charge in [0.15, 0.2) is 0 Å². The highest BCUT2D eigenvalue weighted by Crippen LogP contribution is 2.27. The van der Waals surface area contributed by atoms with Crippen molar-refractivity contribution < 1.29 is 0 Å². The van der Waals surface area contributed by atoms with Crippen molar-refractivity contribution in [3.63, 3.8) is 0 Å². The molecule has 7 heteroatoms. The van der Waals surface area contributed by atoms with E-state index in [0.29, 0.717) is 29.2 Å². The molecule has 0 amide bonds. The van der Waals surface area contributed by atoms with Crippen molar-refractivity contribution in [3.05, 3.63) is 64.1 Å². The molecule has 1 aliphatic rings. The Morgan fingerprint density at radius 1 is 1.08 bits per heavy atom. The van der Waals surface area contributed by atoms with Crippen molar-refractivity contribution >= 4 is 40.7 Å². The molecule has 0 aromatic heterocycles. The first kappa shape index (κ1) is 16.8. The third-order valence-corrected chi connectivity index (χ3v) is 4.31. The van der Waals surface area contributed by atoms with Gasteiger partial charge in [-0.05, 0) is 30.7 Å². The largest absolute Gasteiger partial charge is 0.310 e. The van der Waals surface area contributed by atoms with Crippen LogP contribution in [0.2, 0.25) is 10.0 Å². The lowest BCUT2D eigenvalue weighted by molar-refractivity contribution is 0.645. The van der Waals surface area contributed by atoms with Crippen molar-refractivity contribution in [2.75, 3.05) is 11.6 Å². The zero-order chi connectivity index (χ0) is 16.9. The summed E-state index contributed by atoms with van der Waals surface area (Å²) in [5, 5.41) is 1.04. The van der Waals surface area contributed by atoms with Gasteiger partial charge in [0, 0.05) is 12.2 Å². The van der Waals surface area contributed by atoms with Crippen LogP contribution in [0.4, 0.5) is 5.69 Å². The summed E-state index contributed by atoms with van der Waals surface area (Å²) >= 11 is 12.0. The zero-order valence-corrected chi connectivity index (χ0v) is 14.6. The van der Waals surface area contributed by atoms with Gasteiger partial charge in [-0.1, -0.05) is 53.5 Å². The Hall–Kier alpha value is -2.08. The van der Waals surface area contributed by atoms with E-state index in [2.05, 4.69) is 33.0 Å². The Bertz CT molecular complexity index is 774. The molecule has 0 radical (unpaired) electrons. The maximum Gasteiger partial charge on any atom is 0.236 e. The number of hydrogen-bond donors (Lipinski definition) is 2. The molecular formula is C17H17Cl2N5. The van der Waals surface area contributed by atoms with Gasteiger partial charge in [-0.15, -0.1) is 0 Å². The normalized spacial score (nSPS) is 14.2. The first-order valence-corrected chi connectivity index (χ1v) is 8.24. The second-order valence-electron chi connectivity index (χ2n) is 5.27. The summed E-state index contributed by atoms with van der Waals surface area (Å²) in [5.41, 5.74) is 8.24. The van der Waals surface area contributed by atoms with Gasteiger partial charge in [-0.2, -0.15) is 4.99 Å². The molecule has 0 spiro atoms. The van der Waals surface area contributed by atoms with Crippen molar-refractivity contribution in [2.24, 2.45) is 9.98 Å². The van der Waals surface area contributed by atoms with Crippen LogP contribution in [-0.2, 0) is 6.54 Å². The maximum atomic E-state index is 6.08. The van der Waals surface area contributed by atoms with E-state index in [1.807, 2.05) is 42.2 Å². The van der Waals surface area contributed by atoms with Crippen molar-refractivity contribution in [1.29, 1.82) is 0 Å². The monoisotopic (exact) mass is 361 g/mol. The summed E-state index contributed by atoms with van der Waals surface area (Å²) in [6.45, 7) is 3.07. The van der Waals surface area contributed by atoms with Crippen LogP contribution in [0.5, 0.6) is 0 Å². The lowest BCUT2D eigenvalue weighted by atomic mass is 10.2. The highest BCUT2D eigenvalue weighted by Gasteiger charge is 2.16. The first-order valence-electron chi connectivity index (χ1n) is 7.48. The van der Waals surface area contributed by atoms with E-state index in [9.17, 15) is 0 Å². The number of aliphatic imine (C=N–C) groups is 2. The van der Waals surface area contributed by atoms with Gasteiger partial charge in [-0.3, -0.25) is 5.43 Å². The summed E-state index contributed by atoms with van der Waals surface area (Å²) in [6.07, 6.45) is 0. The molecule has 2 N–H and O–H groups in total. The van der Waals surface area contributed by atoms with Crippen molar-refractivity contribution in [3.8, 4) is 0 Å². The standard InChI is InChI=1S/C17H17Cl2N5/c1-12-22-17(23-21-10-13-5-3-2-4-6-13)20-11-24(12)14-7-8-15(18)16(19)9-14/h2-9,21H,10-11H2,1H3,(H,20,23). The summed E-state index contributed by atoms with van der Waals surface area (Å²) < 4.78 is 0. The van der Waals surface area contributed by atoms with E-state index >= 15 is 0 Å². The maximum absolute atomic E-state index is 6.08. The van der Waals surface area contributed by atoms with E-state index in [1.54, 1.807) is 6.07 Å². The molecule has 0 unspecified atom stereocenters. The highest BCUT2D eigenvalue weighted by molar-refractivity contribution is 6.42. The molecule has 0 fully saturated rings. The van der Waals surface area contributed by atoms with Crippen LogP contribution in [0.1, 0.15) is 12.5 Å². The molecule has 124 valence electrons. The van der Waals surface area contributed by atoms with Gasteiger partial charge < -0.3 is 4.90 Å². The van der Waals surface area contributed by atoms with E-state index < -0.39 is 0 Å². The molecule has 0 bridgehead atoms. The van der Waals surface area contributed by atoms with E-state index in [4.69, 9.17) is 23.2 Å². The van der Waals surface area contributed by atoms with E-state index in [1.165, 1.54) is 5.56 Å². The van der Waals surface area contributed by atoms with Gasteiger partial charge in [0.25, 0.3) is 0 Å². The minimum absolute atomic E-state index is 0.461. The van der Waals surface area contributed by atoms with Gasteiger partial charge in [0.05, 0.1) is 10.0 Å². The molecule has 24 heavy (non-hydrogen) atoms. The van der Waals surface area contributed by atoms with E-state index in [0.717, 1.165) is 11.5 Å². The Kier molecular flexibility index (Phi) is 5.35. The average Bonchev–Trinajstić information content (AvgIpc) is 2.59. The number of nitrogens with zero attached hydrogens (tertiary/aromatic N) is 3. The molecule has 2 aromatic rings. The summed E-state index contributed by atoms with van der Waals surface area (Å²) in [4.78, 5) is 10.9. The molecule has 0 saturated heterocycles. The second kappa shape index (κ2) is 7.66. The summed E-state index contributed by atoms with van der Waals surface area (Å²) in [6, 6.07) is 15.6. The molecular weight excluding hydrogens is 345 g/mol. The number of guanidine groups is 1. The Labute approximate surface area is 151 Å². The molecule has 2 aromatic carbocycles. The third-order valence-electron chi connectivity index (χ3n) is 3.57. The quantitative estimate of drug-likeness (QED) is 0.813. The molecule has 5 nitrogen and oxygen atoms in total. The van der Waals surface area contributed by atoms with Crippen LogP contribution in [0.3, 0.4) is 0 Å². The van der Waals surface area contributed by atoms with Crippen LogP contribution in [0, 0.1) is 0 Å². The number of nitrogens with one attached hydrogen (secondary N) is 2. The third kappa shape index (κ3) is 4.06. The van der Waals surface area contributed by atoms with Crippen molar-refractivity contribution in [1.82, 2.24) is 10.9 Å². The minimum Gasteiger partial charge on any atom is -0.310 e. The Morgan fingerprint density at radius 3 is 2.58 bits per heavy atom. The van der Waals surface area contributed by atoms with Crippen LogP contribution in [0.25, 0.3) is 0 Å². The number of benzene rings is 2. The SMILES string of the molecule is CC1=NC(NNCc2ccccc2)=NCN1c1ccc(Cl)c(Cl)c1. The first-order chi connectivity index (χ1) is 11.6. The highest BCUT2D eigenvalue weighted by atomic mass is 35.5. The summed E-state index contributed by atoms with van der Waals surface area (Å²) in [5.74, 6) is 1.38. The fraction of sp³-hybridized carbons (Fsp3) is 0.176.